The summed E-state index contributed by atoms with van der Waals surface area (Å²) in [5, 5.41) is 22.9. The summed E-state index contributed by atoms with van der Waals surface area (Å²) in [5.74, 6) is 1.27. The Labute approximate surface area is 227 Å². The molecule has 0 aliphatic carbocycles. The number of rotatable bonds is 6. The highest BCUT2D eigenvalue weighted by molar-refractivity contribution is 5.92. The van der Waals surface area contributed by atoms with Gasteiger partial charge in [0.1, 0.15) is 5.82 Å². The maximum atomic E-state index is 13.3. The van der Waals surface area contributed by atoms with Crippen molar-refractivity contribution in [3.63, 3.8) is 0 Å². The quantitative estimate of drug-likeness (QED) is 0.297. The number of halogens is 1. The normalized spacial score (nSPS) is 14.8. The standard InChI is InChI=1S/C27H27FN10O2/c1-17(18-6-7-24(29-14-18)37-16-19(28)15-31-37)32-27(40)36-12-9-20(10-13-36)38-26(39)22-5-3-2-4-21(22)25(35-38)33-23-8-11-30-34-23/h2-8,11,14-17,20H,9-10,12-13H2,1H3,(H,32,40)(H2,30,33,34,35)/t17-/m0/s1. The number of carbonyl (C=O) groups excluding carboxylic acids is 1. The smallest absolute Gasteiger partial charge is 0.317 e. The van der Waals surface area contributed by atoms with E-state index in [0.717, 1.165) is 17.1 Å². The number of hydrogen-bond acceptors (Lipinski definition) is 7. The maximum absolute atomic E-state index is 13.3. The average Bonchev–Trinajstić information content (AvgIpc) is 3.66. The lowest BCUT2D eigenvalue weighted by atomic mass is 10.0. The van der Waals surface area contributed by atoms with Crippen molar-refractivity contribution in [2.75, 3.05) is 18.4 Å². The molecule has 0 spiro atoms. The van der Waals surface area contributed by atoms with Crippen LogP contribution in [0, 0.1) is 5.82 Å². The van der Waals surface area contributed by atoms with E-state index in [4.69, 9.17) is 0 Å². The van der Waals surface area contributed by atoms with Gasteiger partial charge in [0.25, 0.3) is 5.56 Å². The van der Waals surface area contributed by atoms with Crippen LogP contribution in [0.1, 0.15) is 37.4 Å². The number of nitrogens with zero attached hydrogens (tertiary/aromatic N) is 7. The van der Waals surface area contributed by atoms with E-state index in [1.807, 2.05) is 31.2 Å². The summed E-state index contributed by atoms with van der Waals surface area (Å²) in [5.41, 5.74) is 0.653. The van der Waals surface area contributed by atoms with Crippen LogP contribution in [0.5, 0.6) is 0 Å². The second-order valence-corrected chi connectivity index (χ2v) is 9.68. The highest BCUT2D eigenvalue weighted by atomic mass is 19.1. The fraction of sp³-hybridized carbons (Fsp3) is 0.259. The molecular formula is C27H27FN10O2. The van der Waals surface area contributed by atoms with Gasteiger partial charge in [-0.05, 0) is 37.5 Å². The zero-order valence-corrected chi connectivity index (χ0v) is 21.7. The van der Waals surface area contributed by atoms with Crippen molar-refractivity contribution in [2.24, 2.45) is 0 Å². The molecule has 3 N–H and O–H groups in total. The van der Waals surface area contributed by atoms with Gasteiger partial charge in [-0.3, -0.25) is 9.89 Å². The molecule has 1 aliphatic rings. The van der Waals surface area contributed by atoms with Crippen molar-refractivity contribution in [1.82, 2.24) is 45.0 Å². The molecule has 40 heavy (non-hydrogen) atoms. The highest BCUT2D eigenvalue weighted by Crippen LogP contribution is 2.26. The Hall–Kier alpha value is -5.07. The van der Waals surface area contributed by atoms with Gasteiger partial charge in [-0.25, -0.2) is 23.5 Å². The maximum Gasteiger partial charge on any atom is 0.317 e. The third kappa shape index (κ3) is 5.00. The number of nitrogens with one attached hydrogen (secondary N) is 3. The fourth-order valence-electron chi connectivity index (χ4n) is 4.89. The molecule has 1 aromatic carbocycles. The number of benzene rings is 1. The van der Waals surface area contributed by atoms with Gasteiger partial charge in [0.15, 0.2) is 17.5 Å². The first-order valence-electron chi connectivity index (χ1n) is 13.0. The van der Waals surface area contributed by atoms with E-state index in [1.54, 1.807) is 35.5 Å². The lowest BCUT2D eigenvalue weighted by Gasteiger charge is -2.33. The second-order valence-electron chi connectivity index (χ2n) is 9.68. The number of fused-ring (bicyclic) bond motifs is 1. The molecule has 6 rings (SSSR count). The lowest BCUT2D eigenvalue weighted by molar-refractivity contribution is 0.165. The number of pyridine rings is 1. The van der Waals surface area contributed by atoms with Gasteiger partial charge in [-0.2, -0.15) is 15.3 Å². The molecule has 1 fully saturated rings. The number of carbonyl (C=O) groups is 1. The van der Waals surface area contributed by atoms with E-state index in [0.29, 0.717) is 48.8 Å². The second kappa shape index (κ2) is 10.6. The zero-order chi connectivity index (χ0) is 27.6. The predicted molar refractivity (Wildman–Crippen MR) is 146 cm³/mol. The summed E-state index contributed by atoms with van der Waals surface area (Å²) in [4.78, 5) is 32.4. The van der Waals surface area contributed by atoms with Crippen molar-refractivity contribution in [3.05, 3.63) is 89.0 Å². The third-order valence-corrected chi connectivity index (χ3v) is 7.08. The van der Waals surface area contributed by atoms with E-state index in [9.17, 15) is 14.0 Å². The molecule has 4 aromatic heterocycles. The first-order valence-corrected chi connectivity index (χ1v) is 13.0. The molecule has 0 radical (unpaired) electrons. The van der Waals surface area contributed by atoms with Gasteiger partial charge in [-0.1, -0.05) is 24.3 Å². The summed E-state index contributed by atoms with van der Waals surface area (Å²) < 4.78 is 16.1. The minimum atomic E-state index is -0.442. The van der Waals surface area contributed by atoms with Crippen LogP contribution in [0.25, 0.3) is 16.6 Å². The van der Waals surface area contributed by atoms with Crippen molar-refractivity contribution in [3.8, 4) is 5.82 Å². The van der Waals surface area contributed by atoms with Crippen molar-refractivity contribution >= 4 is 28.4 Å². The molecule has 12 nitrogen and oxygen atoms in total. The Morgan fingerprint density at radius 2 is 1.90 bits per heavy atom. The zero-order valence-electron chi connectivity index (χ0n) is 21.7. The first kappa shape index (κ1) is 25.2. The minimum absolute atomic E-state index is 0.148. The summed E-state index contributed by atoms with van der Waals surface area (Å²) >= 11 is 0. The number of H-pyrrole nitrogens is 1. The number of piperidine rings is 1. The molecule has 0 saturated carbocycles. The number of hydrogen-bond donors (Lipinski definition) is 3. The number of aromatic nitrogens is 7. The largest absolute Gasteiger partial charge is 0.331 e. The topological polar surface area (TPSA) is 139 Å². The SMILES string of the molecule is C[C@H](NC(=O)N1CCC(n2nc(Nc3ccn[nH]3)c3ccccc3c2=O)CC1)c1ccc(-n2cc(F)cn2)nc1. The van der Waals surface area contributed by atoms with Crippen LogP contribution in [0.2, 0.25) is 0 Å². The van der Waals surface area contributed by atoms with E-state index >= 15 is 0 Å². The van der Waals surface area contributed by atoms with E-state index in [2.05, 4.69) is 36.0 Å². The van der Waals surface area contributed by atoms with Crippen molar-refractivity contribution < 1.29 is 9.18 Å². The van der Waals surface area contributed by atoms with Gasteiger partial charge in [0.2, 0.25) is 0 Å². The van der Waals surface area contributed by atoms with Gasteiger partial charge in [-0.15, -0.1) is 0 Å². The molecule has 0 unspecified atom stereocenters. The molecule has 5 aromatic rings. The lowest BCUT2D eigenvalue weighted by Crippen LogP contribution is -2.46. The molecule has 13 heteroatoms. The van der Waals surface area contributed by atoms with Gasteiger partial charge < -0.3 is 15.5 Å². The molecule has 1 aliphatic heterocycles. The molecule has 5 heterocycles. The molecule has 2 amide bonds. The van der Waals surface area contributed by atoms with E-state index < -0.39 is 5.82 Å². The third-order valence-electron chi connectivity index (χ3n) is 7.08. The number of anilines is 2. The van der Waals surface area contributed by atoms with Crippen LogP contribution in [0.15, 0.2) is 72.0 Å². The Bertz CT molecular complexity index is 1690. The van der Waals surface area contributed by atoms with Gasteiger partial charge in [0.05, 0.1) is 36.1 Å². The predicted octanol–water partition coefficient (Wildman–Crippen LogP) is 3.69. The number of urea groups is 1. The summed E-state index contributed by atoms with van der Waals surface area (Å²) in [6, 6.07) is 12.1. The van der Waals surface area contributed by atoms with Crippen LogP contribution in [0.4, 0.5) is 20.8 Å². The monoisotopic (exact) mass is 542 g/mol. The van der Waals surface area contributed by atoms with E-state index in [-0.39, 0.29) is 23.7 Å². The Balaban J connectivity index is 1.12. The van der Waals surface area contributed by atoms with Crippen molar-refractivity contribution in [1.29, 1.82) is 0 Å². The Morgan fingerprint density at radius 3 is 2.58 bits per heavy atom. The molecule has 0 bridgehead atoms. The van der Waals surface area contributed by atoms with E-state index in [1.165, 1.54) is 15.6 Å². The minimum Gasteiger partial charge on any atom is -0.331 e. The summed E-state index contributed by atoms with van der Waals surface area (Å²) in [6.45, 7) is 2.84. The number of likely N-dealkylation sites (tertiary alicyclic amines) is 1. The first-order chi connectivity index (χ1) is 19.5. The highest BCUT2D eigenvalue weighted by Gasteiger charge is 2.27. The summed E-state index contributed by atoms with van der Waals surface area (Å²) in [7, 11) is 0. The number of amides is 2. The molecule has 204 valence electrons. The average molecular weight is 543 g/mol. The Kier molecular flexibility index (Phi) is 6.68. The Morgan fingerprint density at radius 1 is 1.10 bits per heavy atom. The van der Waals surface area contributed by atoms with Gasteiger partial charge >= 0.3 is 6.03 Å². The number of aromatic amines is 1. The summed E-state index contributed by atoms with van der Waals surface area (Å²) in [6.07, 6.45) is 6.82. The van der Waals surface area contributed by atoms with Crippen LogP contribution < -0.4 is 16.2 Å². The van der Waals surface area contributed by atoms with Crippen LogP contribution in [0.3, 0.4) is 0 Å². The molecular weight excluding hydrogens is 515 g/mol. The van der Waals surface area contributed by atoms with Crippen molar-refractivity contribution in [2.45, 2.75) is 31.8 Å². The fourth-order valence-corrected chi connectivity index (χ4v) is 4.89. The molecule has 1 atom stereocenters. The molecule has 1 saturated heterocycles. The van der Waals surface area contributed by atoms with Crippen LogP contribution >= 0.6 is 0 Å². The van der Waals surface area contributed by atoms with Crippen LogP contribution in [-0.4, -0.2) is 58.8 Å². The van der Waals surface area contributed by atoms with Crippen LogP contribution in [-0.2, 0) is 0 Å². The van der Waals surface area contributed by atoms with Gasteiger partial charge in [0, 0.05) is 30.7 Å².